The Hall–Kier alpha value is -1.24. The smallest absolute Gasteiger partial charge is 0.0643 e. The minimum atomic E-state index is 0.214. The van der Waals surface area contributed by atoms with Gasteiger partial charge in [0.15, 0.2) is 0 Å². The van der Waals surface area contributed by atoms with E-state index in [1.54, 1.807) is 0 Å². The monoisotopic (exact) mass is 263 g/mol. The molecule has 1 saturated heterocycles. The Bertz CT molecular complexity index is 441. The summed E-state index contributed by atoms with van der Waals surface area (Å²) in [4.78, 5) is 2.33. The maximum absolute atomic E-state index is 8.99. The van der Waals surface area contributed by atoms with E-state index in [2.05, 4.69) is 29.3 Å². The van der Waals surface area contributed by atoms with Crippen LogP contribution in [0.3, 0.4) is 0 Å². The zero-order chi connectivity index (χ0) is 13.0. The van der Waals surface area contributed by atoms with Crippen LogP contribution in [0.25, 0.3) is 0 Å². The van der Waals surface area contributed by atoms with Crippen molar-refractivity contribution in [1.29, 1.82) is 5.26 Å². The molecule has 0 aromatic heterocycles. The molecule has 1 aromatic rings. The van der Waals surface area contributed by atoms with E-state index in [0.717, 1.165) is 30.2 Å². The lowest BCUT2D eigenvalue weighted by Gasteiger charge is -2.35. The predicted octanol–water partition coefficient (Wildman–Crippen LogP) is 2.81. The summed E-state index contributed by atoms with van der Waals surface area (Å²) < 4.78 is 0. The van der Waals surface area contributed by atoms with Gasteiger partial charge in [0.2, 0.25) is 0 Å². The van der Waals surface area contributed by atoms with Crippen LogP contribution in [0.15, 0.2) is 24.3 Å². The van der Waals surface area contributed by atoms with Crippen molar-refractivity contribution in [2.75, 3.05) is 18.0 Å². The third-order valence-electron chi connectivity index (χ3n) is 3.42. The van der Waals surface area contributed by atoms with Crippen molar-refractivity contribution >= 4 is 17.3 Å². The van der Waals surface area contributed by atoms with E-state index in [1.807, 2.05) is 18.2 Å². The van der Waals surface area contributed by atoms with Crippen LogP contribution < -0.4 is 10.2 Å². The average molecular weight is 264 g/mol. The topological polar surface area (TPSA) is 39.1 Å². The lowest BCUT2D eigenvalue weighted by molar-refractivity contribution is 0.551. The van der Waals surface area contributed by atoms with Crippen molar-refractivity contribution in [1.82, 2.24) is 5.32 Å². The van der Waals surface area contributed by atoms with Gasteiger partial charge >= 0.3 is 0 Å². The van der Waals surface area contributed by atoms with E-state index in [4.69, 9.17) is 16.9 Å². The Morgan fingerprint density at radius 2 is 2.39 bits per heavy atom. The number of halogens is 1. The van der Waals surface area contributed by atoms with Gasteiger partial charge in [0.1, 0.15) is 0 Å². The van der Waals surface area contributed by atoms with E-state index in [1.165, 1.54) is 0 Å². The van der Waals surface area contributed by atoms with Crippen LogP contribution in [-0.2, 0) is 0 Å². The molecule has 3 nitrogen and oxygen atoms in total. The van der Waals surface area contributed by atoms with Crippen LogP contribution >= 0.6 is 11.6 Å². The van der Waals surface area contributed by atoms with Gasteiger partial charge in [-0.1, -0.05) is 17.7 Å². The molecule has 1 N–H and O–H groups in total. The lowest BCUT2D eigenvalue weighted by Crippen LogP contribution is -2.43. The van der Waals surface area contributed by atoms with E-state index in [9.17, 15) is 0 Å². The molecule has 1 aromatic carbocycles. The summed E-state index contributed by atoms with van der Waals surface area (Å²) in [6, 6.07) is 10.8. The number of rotatable bonds is 2. The normalized spacial score (nSPS) is 24.4. The lowest BCUT2D eigenvalue weighted by atomic mass is 10.1. The third-order valence-corrected chi connectivity index (χ3v) is 3.66. The highest BCUT2D eigenvalue weighted by molar-refractivity contribution is 6.30. The van der Waals surface area contributed by atoms with Gasteiger partial charge < -0.3 is 10.2 Å². The molecule has 0 spiro atoms. The summed E-state index contributed by atoms with van der Waals surface area (Å²) in [6.07, 6.45) is 1.61. The van der Waals surface area contributed by atoms with Gasteiger partial charge in [-0.05, 0) is 38.1 Å². The minimum Gasteiger partial charge on any atom is -0.363 e. The van der Waals surface area contributed by atoms with Gasteiger partial charge in [0.05, 0.1) is 18.5 Å². The first kappa shape index (κ1) is 13.2. The van der Waals surface area contributed by atoms with Crippen molar-refractivity contribution < 1.29 is 0 Å². The molecule has 2 atom stereocenters. The first-order chi connectivity index (χ1) is 8.72. The molecular formula is C14H18ClN3. The molecule has 1 aliphatic heterocycles. The van der Waals surface area contributed by atoms with Gasteiger partial charge in [-0.2, -0.15) is 5.26 Å². The van der Waals surface area contributed by atoms with Gasteiger partial charge in [-0.3, -0.25) is 0 Å². The Morgan fingerprint density at radius 3 is 3.11 bits per heavy atom. The average Bonchev–Trinajstić information content (AvgIpc) is 2.52. The number of nitriles is 1. The number of hydrogen-bond donors (Lipinski definition) is 1. The summed E-state index contributed by atoms with van der Waals surface area (Å²) in [6.45, 7) is 4.06. The maximum atomic E-state index is 8.99. The molecule has 4 heteroatoms. The Morgan fingerprint density at radius 1 is 1.56 bits per heavy atom. The fourth-order valence-corrected chi connectivity index (χ4v) is 2.74. The molecule has 2 rings (SSSR count). The summed E-state index contributed by atoms with van der Waals surface area (Å²) in [5.74, 6) is 0. The second kappa shape index (κ2) is 6.08. The highest BCUT2D eigenvalue weighted by Gasteiger charge is 2.26. The molecule has 0 saturated carbocycles. The van der Waals surface area contributed by atoms with Gasteiger partial charge in [0.25, 0.3) is 0 Å². The molecular weight excluding hydrogens is 246 g/mol. The van der Waals surface area contributed by atoms with Crippen molar-refractivity contribution in [2.45, 2.75) is 31.8 Å². The van der Waals surface area contributed by atoms with Gasteiger partial charge in [-0.15, -0.1) is 0 Å². The largest absolute Gasteiger partial charge is 0.363 e. The Labute approximate surface area is 113 Å². The maximum Gasteiger partial charge on any atom is 0.0643 e. The highest BCUT2D eigenvalue weighted by Crippen LogP contribution is 2.26. The van der Waals surface area contributed by atoms with Crippen molar-refractivity contribution in [3.05, 3.63) is 29.3 Å². The van der Waals surface area contributed by atoms with Crippen LogP contribution in [-0.4, -0.2) is 25.2 Å². The highest BCUT2D eigenvalue weighted by atomic mass is 35.5. The standard InChI is InChI=1S/C14H18ClN3/c1-11-6-8-17-10-14(5-7-16)18(11)13-4-2-3-12(15)9-13/h2-4,9,11,14,17H,5-6,8,10H2,1H3. The zero-order valence-electron chi connectivity index (χ0n) is 10.6. The van der Waals surface area contributed by atoms with Crippen LogP contribution in [0.2, 0.25) is 5.02 Å². The SMILES string of the molecule is CC1CCNCC(CC#N)N1c1cccc(Cl)c1. The Kier molecular flexibility index (Phi) is 4.46. The van der Waals surface area contributed by atoms with E-state index in [0.29, 0.717) is 12.5 Å². The van der Waals surface area contributed by atoms with Crippen LogP contribution in [0.4, 0.5) is 5.69 Å². The number of hydrogen-bond acceptors (Lipinski definition) is 3. The zero-order valence-corrected chi connectivity index (χ0v) is 11.3. The van der Waals surface area contributed by atoms with Crippen molar-refractivity contribution in [2.24, 2.45) is 0 Å². The minimum absolute atomic E-state index is 0.214. The molecule has 0 bridgehead atoms. The van der Waals surface area contributed by atoms with Crippen LogP contribution in [0.1, 0.15) is 19.8 Å². The summed E-state index contributed by atoms with van der Waals surface area (Å²) in [5, 5.41) is 13.1. The molecule has 96 valence electrons. The van der Waals surface area contributed by atoms with Crippen molar-refractivity contribution in [3.63, 3.8) is 0 Å². The Balaban J connectivity index is 2.31. The fourth-order valence-electron chi connectivity index (χ4n) is 2.55. The number of anilines is 1. The molecule has 0 amide bonds. The first-order valence-corrected chi connectivity index (χ1v) is 6.71. The number of nitrogens with one attached hydrogen (secondary N) is 1. The molecule has 1 aliphatic rings. The van der Waals surface area contributed by atoms with E-state index < -0.39 is 0 Å². The van der Waals surface area contributed by atoms with Crippen molar-refractivity contribution in [3.8, 4) is 6.07 Å². The quantitative estimate of drug-likeness (QED) is 0.892. The molecule has 1 fully saturated rings. The van der Waals surface area contributed by atoms with E-state index in [-0.39, 0.29) is 6.04 Å². The summed E-state index contributed by atoms with van der Waals surface area (Å²) in [5.41, 5.74) is 1.11. The molecule has 0 radical (unpaired) electrons. The molecule has 18 heavy (non-hydrogen) atoms. The molecule has 2 unspecified atom stereocenters. The van der Waals surface area contributed by atoms with E-state index >= 15 is 0 Å². The fraction of sp³-hybridized carbons (Fsp3) is 0.500. The van der Waals surface area contributed by atoms with Gasteiger partial charge in [-0.25, -0.2) is 0 Å². The number of nitrogens with zero attached hydrogens (tertiary/aromatic N) is 2. The number of benzene rings is 1. The molecule has 0 aliphatic carbocycles. The predicted molar refractivity (Wildman–Crippen MR) is 74.9 cm³/mol. The summed E-state index contributed by atoms with van der Waals surface area (Å²) >= 11 is 6.07. The van der Waals surface area contributed by atoms with Crippen LogP contribution in [0.5, 0.6) is 0 Å². The molecule has 1 heterocycles. The second-order valence-electron chi connectivity index (χ2n) is 4.75. The second-order valence-corrected chi connectivity index (χ2v) is 5.18. The first-order valence-electron chi connectivity index (χ1n) is 6.34. The third kappa shape index (κ3) is 2.95. The van der Waals surface area contributed by atoms with Crippen LogP contribution in [0, 0.1) is 11.3 Å². The van der Waals surface area contributed by atoms with Gasteiger partial charge in [0, 0.05) is 23.3 Å². The summed E-state index contributed by atoms with van der Waals surface area (Å²) in [7, 11) is 0.